The highest BCUT2D eigenvalue weighted by Gasteiger charge is 2.26. The van der Waals surface area contributed by atoms with Gasteiger partial charge >= 0.3 is 6.03 Å². The van der Waals surface area contributed by atoms with Crippen molar-refractivity contribution in [1.29, 1.82) is 0 Å². The van der Waals surface area contributed by atoms with Gasteiger partial charge in [0.15, 0.2) is 0 Å². The third-order valence-corrected chi connectivity index (χ3v) is 3.37. The summed E-state index contributed by atoms with van der Waals surface area (Å²) in [6, 6.07) is 3.80. The number of nitrogens with zero attached hydrogens (tertiary/aromatic N) is 1. The van der Waals surface area contributed by atoms with E-state index in [4.69, 9.17) is 9.47 Å². The summed E-state index contributed by atoms with van der Waals surface area (Å²) < 4.78 is 10.7. The minimum Gasteiger partial charge on any atom is -0.497 e. The van der Waals surface area contributed by atoms with Crippen LogP contribution in [0.1, 0.15) is 25.8 Å². The number of anilines is 1. The summed E-state index contributed by atoms with van der Waals surface area (Å²) in [5, 5.41) is 2.93. The number of nitrogens with one attached hydrogen (secondary N) is 1. The molecule has 1 N–H and O–H groups in total. The molecule has 1 aliphatic rings. The zero-order chi connectivity index (χ0) is 14.7. The first-order valence-electron chi connectivity index (χ1n) is 6.89. The van der Waals surface area contributed by atoms with Gasteiger partial charge in [-0.05, 0) is 26.7 Å². The number of methoxy groups -OCH3 is 2. The first-order valence-corrected chi connectivity index (χ1v) is 6.89. The second-order valence-electron chi connectivity index (χ2n) is 5.19. The lowest BCUT2D eigenvalue weighted by Crippen LogP contribution is -2.45. The van der Waals surface area contributed by atoms with E-state index in [1.807, 2.05) is 26.0 Å². The molecule has 0 unspecified atom stereocenters. The van der Waals surface area contributed by atoms with Gasteiger partial charge in [0, 0.05) is 30.3 Å². The second-order valence-corrected chi connectivity index (χ2v) is 5.19. The Bertz CT molecular complexity index is 500. The molecule has 0 radical (unpaired) electrons. The van der Waals surface area contributed by atoms with Crippen LogP contribution in [0.15, 0.2) is 12.1 Å². The zero-order valence-corrected chi connectivity index (χ0v) is 12.5. The monoisotopic (exact) mass is 278 g/mol. The number of carbonyl (C=O) groups is 1. The van der Waals surface area contributed by atoms with Crippen LogP contribution in [0.25, 0.3) is 0 Å². The Balaban J connectivity index is 2.41. The van der Waals surface area contributed by atoms with Gasteiger partial charge in [0.1, 0.15) is 11.5 Å². The molecular formula is C15H22N2O3. The van der Waals surface area contributed by atoms with Crippen LogP contribution in [0.2, 0.25) is 0 Å². The van der Waals surface area contributed by atoms with Gasteiger partial charge < -0.3 is 14.8 Å². The summed E-state index contributed by atoms with van der Waals surface area (Å²) in [6.07, 6.45) is 1.84. The largest absolute Gasteiger partial charge is 0.497 e. The smallest absolute Gasteiger partial charge is 0.322 e. The van der Waals surface area contributed by atoms with E-state index < -0.39 is 0 Å². The molecule has 0 spiro atoms. The molecule has 0 aromatic heterocycles. The van der Waals surface area contributed by atoms with E-state index in [-0.39, 0.29) is 12.1 Å². The Morgan fingerprint density at radius 1 is 1.30 bits per heavy atom. The van der Waals surface area contributed by atoms with Crippen LogP contribution in [0.3, 0.4) is 0 Å². The molecule has 0 saturated carbocycles. The summed E-state index contributed by atoms with van der Waals surface area (Å²) in [5.74, 6) is 1.48. The molecule has 5 nitrogen and oxygen atoms in total. The van der Waals surface area contributed by atoms with Crippen molar-refractivity contribution in [3.05, 3.63) is 17.7 Å². The van der Waals surface area contributed by atoms with Crippen LogP contribution in [-0.2, 0) is 6.42 Å². The summed E-state index contributed by atoms with van der Waals surface area (Å²) in [4.78, 5) is 14.1. The Hall–Kier alpha value is -1.91. The maximum Gasteiger partial charge on any atom is 0.322 e. The molecule has 0 fully saturated rings. The average molecular weight is 278 g/mol. The maximum absolute atomic E-state index is 12.3. The predicted octanol–water partition coefficient (Wildman–Crippen LogP) is 2.57. The lowest BCUT2D eigenvalue weighted by molar-refractivity contribution is 0.243. The number of hydrogen-bond donors (Lipinski definition) is 1. The van der Waals surface area contributed by atoms with Crippen molar-refractivity contribution in [2.75, 3.05) is 25.7 Å². The molecule has 110 valence electrons. The Morgan fingerprint density at radius 3 is 2.65 bits per heavy atom. The van der Waals surface area contributed by atoms with Gasteiger partial charge in [0.25, 0.3) is 0 Å². The zero-order valence-electron chi connectivity index (χ0n) is 12.5. The number of ether oxygens (including phenoxy) is 2. The number of urea groups is 1. The third-order valence-electron chi connectivity index (χ3n) is 3.37. The molecule has 0 bridgehead atoms. The molecule has 0 atom stereocenters. The summed E-state index contributed by atoms with van der Waals surface area (Å²) >= 11 is 0. The van der Waals surface area contributed by atoms with Crippen molar-refractivity contribution in [2.45, 2.75) is 32.7 Å². The van der Waals surface area contributed by atoms with Gasteiger partial charge in [0.2, 0.25) is 0 Å². The molecule has 2 amide bonds. The molecule has 0 saturated heterocycles. The molecule has 1 aromatic carbocycles. The Kier molecular flexibility index (Phi) is 4.37. The molecule has 1 aromatic rings. The van der Waals surface area contributed by atoms with Gasteiger partial charge in [-0.2, -0.15) is 0 Å². The fourth-order valence-electron chi connectivity index (χ4n) is 2.47. The van der Waals surface area contributed by atoms with E-state index in [9.17, 15) is 4.79 Å². The summed E-state index contributed by atoms with van der Waals surface area (Å²) in [5.41, 5.74) is 1.95. The Labute approximate surface area is 119 Å². The van der Waals surface area contributed by atoms with Crippen LogP contribution in [0, 0.1) is 0 Å². The van der Waals surface area contributed by atoms with E-state index in [0.29, 0.717) is 12.3 Å². The number of rotatable bonds is 3. The molecule has 2 rings (SSSR count). The lowest BCUT2D eigenvalue weighted by atomic mass is 10.0. The topological polar surface area (TPSA) is 50.8 Å². The van der Waals surface area contributed by atoms with E-state index in [2.05, 4.69) is 5.32 Å². The molecule has 1 aliphatic heterocycles. The van der Waals surface area contributed by atoms with Crippen molar-refractivity contribution in [1.82, 2.24) is 5.32 Å². The van der Waals surface area contributed by atoms with Gasteiger partial charge in [-0.15, -0.1) is 0 Å². The summed E-state index contributed by atoms with van der Waals surface area (Å²) in [6.45, 7) is 4.62. The Morgan fingerprint density at radius 2 is 2.05 bits per heavy atom. The quantitative estimate of drug-likeness (QED) is 0.924. The number of carbonyl (C=O) groups excluding carboxylic acids is 1. The number of hydrogen-bond acceptors (Lipinski definition) is 3. The van der Waals surface area contributed by atoms with E-state index in [0.717, 1.165) is 29.8 Å². The minimum atomic E-state index is -0.0729. The van der Waals surface area contributed by atoms with Gasteiger partial charge in [-0.3, -0.25) is 4.90 Å². The van der Waals surface area contributed by atoms with Crippen LogP contribution >= 0.6 is 0 Å². The first-order chi connectivity index (χ1) is 9.56. The number of benzene rings is 1. The fraction of sp³-hybridized carbons (Fsp3) is 0.533. The van der Waals surface area contributed by atoms with Gasteiger partial charge in [-0.1, -0.05) is 0 Å². The molecule has 1 heterocycles. The lowest BCUT2D eigenvalue weighted by Gasteiger charge is -2.31. The molecule has 0 aliphatic carbocycles. The SMILES string of the molecule is COc1cc(OC)c2c(c1)N(C(=O)NC(C)C)CCC2. The number of fused-ring (bicyclic) bond motifs is 1. The average Bonchev–Trinajstić information content (AvgIpc) is 2.44. The van der Waals surface area contributed by atoms with Crippen LogP contribution < -0.4 is 19.7 Å². The molecular weight excluding hydrogens is 256 g/mol. The van der Waals surface area contributed by atoms with Crippen LogP contribution in [-0.4, -0.2) is 32.8 Å². The van der Waals surface area contributed by atoms with Crippen molar-refractivity contribution in [3.63, 3.8) is 0 Å². The van der Waals surface area contributed by atoms with E-state index >= 15 is 0 Å². The van der Waals surface area contributed by atoms with Crippen LogP contribution in [0.4, 0.5) is 10.5 Å². The van der Waals surface area contributed by atoms with Crippen molar-refractivity contribution in [3.8, 4) is 11.5 Å². The maximum atomic E-state index is 12.3. The number of amides is 2. The van der Waals surface area contributed by atoms with E-state index in [1.54, 1.807) is 19.1 Å². The van der Waals surface area contributed by atoms with Crippen LogP contribution in [0.5, 0.6) is 11.5 Å². The molecule has 20 heavy (non-hydrogen) atoms. The van der Waals surface area contributed by atoms with Gasteiger partial charge in [-0.25, -0.2) is 4.79 Å². The third kappa shape index (κ3) is 2.81. The second kappa shape index (κ2) is 6.03. The van der Waals surface area contributed by atoms with Crippen molar-refractivity contribution in [2.24, 2.45) is 0 Å². The highest BCUT2D eigenvalue weighted by molar-refractivity contribution is 5.94. The van der Waals surface area contributed by atoms with Crippen molar-refractivity contribution >= 4 is 11.7 Å². The highest BCUT2D eigenvalue weighted by atomic mass is 16.5. The van der Waals surface area contributed by atoms with E-state index in [1.165, 1.54) is 0 Å². The predicted molar refractivity (Wildman–Crippen MR) is 78.9 cm³/mol. The van der Waals surface area contributed by atoms with Gasteiger partial charge in [0.05, 0.1) is 19.9 Å². The molecule has 5 heteroatoms. The minimum absolute atomic E-state index is 0.0729. The normalized spacial score (nSPS) is 13.9. The van der Waals surface area contributed by atoms with Crippen molar-refractivity contribution < 1.29 is 14.3 Å². The highest BCUT2D eigenvalue weighted by Crippen LogP contribution is 2.38. The fourth-order valence-corrected chi connectivity index (χ4v) is 2.47. The summed E-state index contributed by atoms with van der Waals surface area (Å²) in [7, 11) is 3.25. The first kappa shape index (κ1) is 14.5. The standard InChI is InChI=1S/C15H22N2O3/c1-10(2)16-15(18)17-7-5-6-12-13(17)8-11(19-3)9-14(12)20-4/h8-10H,5-7H2,1-4H3,(H,16,18).